The van der Waals surface area contributed by atoms with Crippen LogP contribution in [0.1, 0.15) is 13.3 Å². The minimum atomic E-state index is -0.689. The molecular formula is C9H17N3O3. The van der Waals surface area contributed by atoms with Crippen molar-refractivity contribution in [2.75, 3.05) is 26.2 Å². The van der Waals surface area contributed by atoms with E-state index in [0.717, 1.165) is 13.0 Å². The monoisotopic (exact) mass is 215 g/mol. The van der Waals surface area contributed by atoms with Crippen LogP contribution in [0.5, 0.6) is 0 Å². The fraction of sp³-hybridized carbons (Fsp3) is 0.778. The van der Waals surface area contributed by atoms with Crippen molar-refractivity contribution in [1.29, 1.82) is 0 Å². The number of alkyl carbamates (subject to hydrolysis) is 1. The Morgan fingerprint density at radius 3 is 2.87 bits per heavy atom. The standard InChI is InChI=1S/C9H17N3O3/c1-2-15-9(14)11-8(13)6-12-4-3-7(10)5-12/h7H,2-6,10H2,1H3,(H,11,13,14)/t7-/m0/s1. The highest BCUT2D eigenvalue weighted by Crippen LogP contribution is 2.05. The van der Waals surface area contributed by atoms with Gasteiger partial charge in [-0.25, -0.2) is 4.79 Å². The largest absolute Gasteiger partial charge is 0.450 e. The van der Waals surface area contributed by atoms with E-state index in [1.165, 1.54) is 0 Å². The van der Waals surface area contributed by atoms with Crippen LogP contribution in [0.2, 0.25) is 0 Å². The molecule has 0 aliphatic carbocycles. The Labute approximate surface area is 88.7 Å². The van der Waals surface area contributed by atoms with Gasteiger partial charge in [0.2, 0.25) is 5.91 Å². The number of imide groups is 1. The molecular weight excluding hydrogens is 198 g/mol. The lowest BCUT2D eigenvalue weighted by Crippen LogP contribution is -2.40. The number of hydrogen-bond acceptors (Lipinski definition) is 5. The first kappa shape index (κ1) is 11.9. The zero-order valence-corrected chi connectivity index (χ0v) is 8.86. The Kier molecular flexibility index (Phi) is 4.51. The summed E-state index contributed by atoms with van der Waals surface area (Å²) in [4.78, 5) is 24.1. The van der Waals surface area contributed by atoms with Crippen LogP contribution in [0.3, 0.4) is 0 Å². The molecule has 1 saturated heterocycles. The van der Waals surface area contributed by atoms with Crippen molar-refractivity contribution in [1.82, 2.24) is 10.2 Å². The van der Waals surface area contributed by atoms with Gasteiger partial charge < -0.3 is 10.5 Å². The second-order valence-electron chi connectivity index (χ2n) is 3.55. The van der Waals surface area contributed by atoms with Crippen LogP contribution in [-0.2, 0) is 9.53 Å². The van der Waals surface area contributed by atoms with Gasteiger partial charge in [0.1, 0.15) is 0 Å². The molecule has 0 saturated carbocycles. The van der Waals surface area contributed by atoms with Crippen LogP contribution >= 0.6 is 0 Å². The lowest BCUT2D eigenvalue weighted by Gasteiger charge is -2.13. The second kappa shape index (κ2) is 5.67. The fourth-order valence-corrected chi connectivity index (χ4v) is 1.53. The average molecular weight is 215 g/mol. The normalized spacial score (nSPS) is 21.3. The number of carbonyl (C=O) groups excluding carboxylic acids is 2. The van der Waals surface area contributed by atoms with Crippen molar-refractivity contribution >= 4 is 12.0 Å². The van der Waals surface area contributed by atoms with Crippen LogP contribution in [0.4, 0.5) is 4.79 Å². The molecule has 6 heteroatoms. The number of nitrogens with one attached hydrogen (secondary N) is 1. The smallest absolute Gasteiger partial charge is 0.413 e. The van der Waals surface area contributed by atoms with Gasteiger partial charge in [0, 0.05) is 19.1 Å². The quantitative estimate of drug-likeness (QED) is 0.649. The molecule has 0 radical (unpaired) electrons. The van der Waals surface area contributed by atoms with Crippen LogP contribution < -0.4 is 11.1 Å². The van der Waals surface area contributed by atoms with E-state index in [9.17, 15) is 9.59 Å². The molecule has 1 rings (SSSR count). The Morgan fingerprint density at radius 2 is 2.33 bits per heavy atom. The summed E-state index contributed by atoms with van der Waals surface area (Å²) in [5, 5.41) is 2.14. The molecule has 1 heterocycles. The van der Waals surface area contributed by atoms with Gasteiger partial charge in [-0.15, -0.1) is 0 Å². The predicted molar refractivity (Wildman–Crippen MR) is 54.2 cm³/mol. The maximum Gasteiger partial charge on any atom is 0.413 e. The Hall–Kier alpha value is -1.14. The predicted octanol–water partition coefficient (Wildman–Crippen LogP) is -0.708. The topological polar surface area (TPSA) is 84.7 Å². The maximum absolute atomic E-state index is 11.3. The number of carbonyl (C=O) groups is 2. The van der Waals surface area contributed by atoms with E-state index >= 15 is 0 Å². The van der Waals surface area contributed by atoms with E-state index in [-0.39, 0.29) is 25.1 Å². The van der Waals surface area contributed by atoms with E-state index in [1.54, 1.807) is 6.92 Å². The molecule has 1 fully saturated rings. The Balaban J connectivity index is 2.21. The number of likely N-dealkylation sites (tertiary alicyclic amines) is 1. The number of nitrogens with two attached hydrogens (primary N) is 1. The van der Waals surface area contributed by atoms with E-state index in [4.69, 9.17) is 5.73 Å². The highest BCUT2D eigenvalue weighted by atomic mass is 16.5. The molecule has 0 unspecified atom stereocenters. The summed E-state index contributed by atoms with van der Waals surface area (Å²) in [6.45, 7) is 3.65. The van der Waals surface area contributed by atoms with Gasteiger partial charge in [0.15, 0.2) is 0 Å². The third kappa shape index (κ3) is 4.26. The number of hydrogen-bond donors (Lipinski definition) is 2. The summed E-state index contributed by atoms with van der Waals surface area (Å²) >= 11 is 0. The van der Waals surface area contributed by atoms with E-state index in [1.807, 2.05) is 4.90 Å². The molecule has 0 spiro atoms. The summed E-state index contributed by atoms with van der Waals surface area (Å²) in [6, 6.07) is 0.139. The van der Waals surface area contributed by atoms with Crippen molar-refractivity contribution in [3.05, 3.63) is 0 Å². The van der Waals surface area contributed by atoms with E-state index in [2.05, 4.69) is 10.1 Å². The maximum atomic E-state index is 11.3. The Bertz CT molecular complexity index is 245. The molecule has 3 N–H and O–H groups in total. The summed E-state index contributed by atoms with van der Waals surface area (Å²) in [5.74, 6) is -0.345. The molecule has 1 aliphatic rings. The molecule has 0 bridgehead atoms. The molecule has 6 nitrogen and oxygen atoms in total. The molecule has 1 atom stereocenters. The summed E-state index contributed by atoms with van der Waals surface area (Å²) in [5.41, 5.74) is 5.68. The van der Waals surface area contributed by atoms with E-state index < -0.39 is 6.09 Å². The Morgan fingerprint density at radius 1 is 1.60 bits per heavy atom. The summed E-state index contributed by atoms with van der Waals surface area (Å²) < 4.78 is 4.58. The first-order valence-corrected chi connectivity index (χ1v) is 5.06. The summed E-state index contributed by atoms with van der Waals surface area (Å²) in [7, 11) is 0. The lowest BCUT2D eigenvalue weighted by atomic mass is 10.3. The minimum absolute atomic E-state index is 0.139. The van der Waals surface area contributed by atoms with Crippen LogP contribution in [0.15, 0.2) is 0 Å². The highest BCUT2D eigenvalue weighted by molar-refractivity contribution is 5.92. The van der Waals surface area contributed by atoms with Crippen molar-refractivity contribution in [3.8, 4) is 0 Å². The van der Waals surface area contributed by atoms with Crippen molar-refractivity contribution in [2.45, 2.75) is 19.4 Å². The van der Waals surface area contributed by atoms with Gasteiger partial charge in [-0.3, -0.25) is 15.0 Å². The lowest BCUT2D eigenvalue weighted by molar-refractivity contribution is -0.121. The number of rotatable bonds is 3. The first-order valence-electron chi connectivity index (χ1n) is 5.06. The number of amides is 2. The molecule has 0 aromatic rings. The van der Waals surface area contributed by atoms with Gasteiger partial charge in [0.05, 0.1) is 13.2 Å². The van der Waals surface area contributed by atoms with Crippen molar-refractivity contribution in [3.63, 3.8) is 0 Å². The summed E-state index contributed by atoms with van der Waals surface area (Å²) in [6.07, 6.45) is 0.207. The molecule has 0 aromatic heterocycles. The SMILES string of the molecule is CCOC(=O)NC(=O)CN1CC[C@H](N)C1. The molecule has 1 aliphatic heterocycles. The average Bonchev–Trinajstić information content (AvgIpc) is 2.51. The first-order chi connectivity index (χ1) is 7.11. The zero-order chi connectivity index (χ0) is 11.3. The zero-order valence-electron chi connectivity index (χ0n) is 8.86. The molecule has 2 amide bonds. The fourth-order valence-electron chi connectivity index (χ4n) is 1.53. The van der Waals surface area contributed by atoms with E-state index in [0.29, 0.717) is 6.54 Å². The van der Waals surface area contributed by atoms with Gasteiger partial charge in [-0.2, -0.15) is 0 Å². The third-order valence-electron chi connectivity index (χ3n) is 2.19. The van der Waals surface area contributed by atoms with Crippen LogP contribution in [0.25, 0.3) is 0 Å². The van der Waals surface area contributed by atoms with Crippen LogP contribution in [-0.4, -0.2) is 49.2 Å². The second-order valence-corrected chi connectivity index (χ2v) is 3.55. The molecule has 0 aromatic carbocycles. The van der Waals surface area contributed by atoms with Gasteiger partial charge in [-0.05, 0) is 13.3 Å². The van der Waals surface area contributed by atoms with Crippen molar-refractivity contribution in [2.24, 2.45) is 5.73 Å². The van der Waals surface area contributed by atoms with Crippen LogP contribution in [0, 0.1) is 0 Å². The third-order valence-corrected chi connectivity index (χ3v) is 2.19. The van der Waals surface area contributed by atoms with Gasteiger partial charge in [0.25, 0.3) is 0 Å². The molecule has 15 heavy (non-hydrogen) atoms. The minimum Gasteiger partial charge on any atom is -0.450 e. The van der Waals surface area contributed by atoms with Gasteiger partial charge >= 0.3 is 6.09 Å². The molecule has 86 valence electrons. The van der Waals surface area contributed by atoms with Crippen molar-refractivity contribution < 1.29 is 14.3 Å². The highest BCUT2D eigenvalue weighted by Gasteiger charge is 2.21. The number of nitrogens with zero attached hydrogens (tertiary/aromatic N) is 1. The van der Waals surface area contributed by atoms with Gasteiger partial charge in [-0.1, -0.05) is 0 Å². The number of ether oxygens (including phenoxy) is 1.